The molecule has 2 heteroatoms. The lowest BCUT2D eigenvalue weighted by Crippen LogP contribution is -2.27. The van der Waals surface area contributed by atoms with E-state index in [4.69, 9.17) is 4.74 Å². The van der Waals surface area contributed by atoms with E-state index in [2.05, 4.69) is 29.6 Å². The Morgan fingerprint density at radius 3 is 2.68 bits per heavy atom. The molecule has 0 atom stereocenters. The maximum atomic E-state index is 5.85. The van der Waals surface area contributed by atoms with Crippen molar-refractivity contribution in [1.29, 1.82) is 0 Å². The lowest BCUT2D eigenvalue weighted by molar-refractivity contribution is 0.299. The zero-order valence-electron chi connectivity index (χ0n) is 11.7. The Kier molecular flexibility index (Phi) is 4.39. The predicted octanol–water partition coefficient (Wildman–Crippen LogP) is 3.41. The van der Waals surface area contributed by atoms with E-state index in [1.807, 2.05) is 0 Å². The van der Waals surface area contributed by atoms with Gasteiger partial charge >= 0.3 is 0 Å². The molecule has 1 N–H and O–H groups in total. The van der Waals surface area contributed by atoms with Crippen molar-refractivity contribution < 1.29 is 4.74 Å². The fourth-order valence-electron chi connectivity index (χ4n) is 2.83. The highest BCUT2D eigenvalue weighted by molar-refractivity contribution is 5.28. The normalized spacial score (nSPS) is 20.4. The molecular formula is C17H25NO. The SMILES string of the molecule is c1cc(CCC2CCNCC2)cc(OCC2CC2)c1. The van der Waals surface area contributed by atoms with Gasteiger partial charge in [-0.1, -0.05) is 12.1 Å². The van der Waals surface area contributed by atoms with Crippen LogP contribution in [0.3, 0.4) is 0 Å². The van der Waals surface area contributed by atoms with Crippen molar-refractivity contribution in [1.82, 2.24) is 5.32 Å². The quantitative estimate of drug-likeness (QED) is 0.845. The van der Waals surface area contributed by atoms with Crippen LogP contribution in [0.1, 0.15) is 37.7 Å². The van der Waals surface area contributed by atoms with E-state index in [1.54, 1.807) is 0 Å². The minimum Gasteiger partial charge on any atom is -0.493 e. The summed E-state index contributed by atoms with van der Waals surface area (Å²) in [6, 6.07) is 8.71. The molecule has 1 saturated carbocycles. The van der Waals surface area contributed by atoms with Gasteiger partial charge in [-0.2, -0.15) is 0 Å². The molecule has 1 aliphatic carbocycles. The van der Waals surface area contributed by atoms with Crippen molar-refractivity contribution in [3.63, 3.8) is 0 Å². The third-order valence-corrected chi connectivity index (χ3v) is 4.38. The van der Waals surface area contributed by atoms with Crippen LogP contribution in [0.4, 0.5) is 0 Å². The van der Waals surface area contributed by atoms with Gasteiger partial charge in [0.1, 0.15) is 5.75 Å². The molecule has 2 nitrogen and oxygen atoms in total. The molecule has 104 valence electrons. The van der Waals surface area contributed by atoms with Crippen LogP contribution >= 0.6 is 0 Å². The topological polar surface area (TPSA) is 21.3 Å². The van der Waals surface area contributed by atoms with Gasteiger partial charge in [-0.05, 0) is 81.1 Å². The summed E-state index contributed by atoms with van der Waals surface area (Å²) in [5.74, 6) is 2.81. The molecule has 0 unspecified atom stereocenters. The van der Waals surface area contributed by atoms with Crippen molar-refractivity contribution in [3.05, 3.63) is 29.8 Å². The molecule has 0 bridgehead atoms. The van der Waals surface area contributed by atoms with E-state index in [1.165, 1.54) is 57.2 Å². The van der Waals surface area contributed by atoms with Crippen molar-refractivity contribution >= 4 is 0 Å². The van der Waals surface area contributed by atoms with Crippen LogP contribution in [0, 0.1) is 11.8 Å². The molecule has 2 aliphatic rings. The second-order valence-corrected chi connectivity index (χ2v) is 6.13. The first kappa shape index (κ1) is 13.0. The molecule has 0 amide bonds. The summed E-state index contributed by atoms with van der Waals surface area (Å²) in [6.07, 6.45) is 7.93. The number of aryl methyl sites for hydroxylation is 1. The van der Waals surface area contributed by atoms with Gasteiger partial charge in [-0.3, -0.25) is 0 Å². The number of hydrogen-bond acceptors (Lipinski definition) is 2. The summed E-state index contributed by atoms with van der Waals surface area (Å²) in [6.45, 7) is 3.32. The van der Waals surface area contributed by atoms with Gasteiger partial charge in [0, 0.05) is 0 Å². The highest BCUT2D eigenvalue weighted by atomic mass is 16.5. The van der Waals surface area contributed by atoms with Gasteiger partial charge in [0.05, 0.1) is 6.61 Å². The summed E-state index contributed by atoms with van der Waals surface area (Å²) in [4.78, 5) is 0. The maximum Gasteiger partial charge on any atom is 0.119 e. The number of hydrogen-bond donors (Lipinski definition) is 1. The summed E-state index contributed by atoms with van der Waals surface area (Å²) in [5.41, 5.74) is 1.44. The zero-order valence-corrected chi connectivity index (χ0v) is 11.7. The summed E-state index contributed by atoms with van der Waals surface area (Å²) < 4.78 is 5.85. The molecule has 1 aromatic rings. The van der Waals surface area contributed by atoms with Crippen molar-refractivity contribution in [2.24, 2.45) is 11.8 Å². The molecule has 1 saturated heterocycles. The average molecular weight is 259 g/mol. The molecule has 1 aromatic carbocycles. The van der Waals surface area contributed by atoms with Crippen LogP contribution in [0.15, 0.2) is 24.3 Å². The summed E-state index contributed by atoms with van der Waals surface area (Å²) in [7, 11) is 0. The van der Waals surface area contributed by atoms with Crippen molar-refractivity contribution in [2.75, 3.05) is 19.7 Å². The van der Waals surface area contributed by atoms with Crippen LogP contribution in [-0.4, -0.2) is 19.7 Å². The summed E-state index contributed by atoms with van der Waals surface area (Å²) >= 11 is 0. The Labute approximate surface area is 116 Å². The van der Waals surface area contributed by atoms with Crippen LogP contribution in [0.25, 0.3) is 0 Å². The summed E-state index contributed by atoms with van der Waals surface area (Å²) in [5, 5.41) is 3.44. The van der Waals surface area contributed by atoms with Gasteiger partial charge in [-0.25, -0.2) is 0 Å². The van der Waals surface area contributed by atoms with Crippen LogP contribution < -0.4 is 10.1 Å². The molecular weight excluding hydrogens is 234 g/mol. The molecule has 0 aromatic heterocycles. The molecule has 19 heavy (non-hydrogen) atoms. The second kappa shape index (κ2) is 6.42. The Morgan fingerprint density at radius 1 is 1.05 bits per heavy atom. The first-order chi connectivity index (χ1) is 9.40. The molecule has 0 radical (unpaired) electrons. The average Bonchev–Trinajstić information content (AvgIpc) is 3.29. The first-order valence-electron chi connectivity index (χ1n) is 7.82. The minimum atomic E-state index is 0.832. The standard InChI is InChI=1S/C17H25NO/c1-2-15(5-4-14-8-10-18-11-9-14)12-17(3-1)19-13-16-6-7-16/h1-3,12,14,16,18H,4-11,13H2. The largest absolute Gasteiger partial charge is 0.493 e. The third-order valence-electron chi connectivity index (χ3n) is 4.38. The van der Waals surface area contributed by atoms with Crippen LogP contribution in [-0.2, 0) is 6.42 Å². The molecule has 3 rings (SSSR count). The Morgan fingerprint density at radius 2 is 1.89 bits per heavy atom. The van der Waals surface area contributed by atoms with E-state index in [0.717, 1.165) is 24.2 Å². The number of nitrogens with one attached hydrogen (secondary N) is 1. The highest BCUT2D eigenvalue weighted by Crippen LogP contribution is 2.29. The highest BCUT2D eigenvalue weighted by Gasteiger charge is 2.21. The number of benzene rings is 1. The fraction of sp³-hybridized carbons (Fsp3) is 0.647. The molecule has 2 fully saturated rings. The van der Waals surface area contributed by atoms with Gasteiger partial charge in [-0.15, -0.1) is 0 Å². The van der Waals surface area contributed by atoms with E-state index in [-0.39, 0.29) is 0 Å². The van der Waals surface area contributed by atoms with E-state index in [0.29, 0.717) is 0 Å². The van der Waals surface area contributed by atoms with Gasteiger partial charge in [0.2, 0.25) is 0 Å². The zero-order chi connectivity index (χ0) is 12.9. The maximum absolute atomic E-state index is 5.85. The number of ether oxygens (including phenoxy) is 1. The monoisotopic (exact) mass is 259 g/mol. The van der Waals surface area contributed by atoms with Gasteiger partial charge in [0.15, 0.2) is 0 Å². The fourth-order valence-corrected chi connectivity index (χ4v) is 2.83. The lowest BCUT2D eigenvalue weighted by Gasteiger charge is -2.22. The number of rotatable bonds is 6. The second-order valence-electron chi connectivity index (χ2n) is 6.13. The third kappa shape index (κ3) is 4.24. The van der Waals surface area contributed by atoms with Gasteiger partial charge < -0.3 is 10.1 Å². The Balaban J connectivity index is 1.47. The van der Waals surface area contributed by atoms with E-state index < -0.39 is 0 Å². The van der Waals surface area contributed by atoms with Gasteiger partial charge in [0.25, 0.3) is 0 Å². The minimum absolute atomic E-state index is 0.832. The van der Waals surface area contributed by atoms with Crippen LogP contribution in [0.2, 0.25) is 0 Å². The van der Waals surface area contributed by atoms with Crippen molar-refractivity contribution in [2.45, 2.75) is 38.5 Å². The Hall–Kier alpha value is -1.02. The van der Waals surface area contributed by atoms with E-state index in [9.17, 15) is 0 Å². The van der Waals surface area contributed by atoms with E-state index >= 15 is 0 Å². The van der Waals surface area contributed by atoms with Crippen LogP contribution in [0.5, 0.6) is 5.75 Å². The Bertz CT molecular complexity index is 394. The molecule has 0 spiro atoms. The predicted molar refractivity (Wildman–Crippen MR) is 78.6 cm³/mol. The lowest BCUT2D eigenvalue weighted by atomic mass is 9.91. The smallest absolute Gasteiger partial charge is 0.119 e. The van der Waals surface area contributed by atoms with Crippen molar-refractivity contribution in [3.8, 4) is 5.75 Å². The number of piperidine rings is 1. The first-order valence-corrected chi connectivity index (χ1v) is 7.82. The molecule has 1 aliphatic heterocycles. The molecule has 1 heterocycles.